The maximum Gasteiger partial charge on any atom is 0.0911 e. The van der Waals surface area contributed by atoms with E-state index in [0.717, 1.165) is 38.6 Å². The summed E-state index contributed by atoms with van der Waals surface area (Å²) >= 11 is 0. The van der Waals surface area contributed by atoms with Crippen molar-refractivity contribution >= 4 is 5.84 Å². The monoisotopic (exact) mass is 239 g/mol. The SMILES string of the molecule is CN(CCOCC1CC1)CC1(CC(=N)N)CC1. The Hall–Kier alpha value is -0.610. The number of likely N-dealkylation sites (N-methyl/N-ethyl adjacent to an activating group) is 1. The first kappa shape index (κ1) is 12.8. The number of nitrogens with one attached hydrogen (secondary N) is 1. The van der Waals surface area contributed by atoms with E-state index in [0.29, 0.717) is 11.3 Å². The molecule has 0 unspecified atom stereocenters. The predicted octanol–water partition coefficient (Wildman–Crippen LogP) is 1.45. The highest BCUT2D eigenvalue weighted by Gasteiger charge is 2.43. The molecule has 0 saturated heterocycles. The fourth-order valence-electron chi connectivity index (χ4n) is 2.38. The summed E-state index contributed by atoms with van der Waals surface area (Å²) in [7, 11) is 2.14. The van der Waals surface area contributed by atoms with Gasteiger partial charge in [-0.15, -0.1) is 0 Å². The first-order chi connectivity index (χ1) is 8.10. The van der Waals surface area contributed by atoms with Crippen LogP contribution in [0.15, 0.2) is 0 Å². The summed E-state index contributed by atoms with van der Waals surface area (Å²) in [6.45, 7) is 3.83. The van der Waals surface area contributed by atoms with Crippen molar-refractivity contribution < 1.29 is 4.74 Å². The third-order valence-electron chi connectivity index (χ3n) is 3.80. The molecule has 98 valence electrons. The molecule has 3 N–H and O–H groups in total. The molecule has 2 rings (SSSR count). The molecule has 0 aromatic heterocycles. The van der Waals surface area contributed by atoms with Crippen molar-refractivity contribution in [1.29, 1.82) is 5.41 Å². The summed E-state index contributed by atoms with van der Waals surface area (Å²) in [4.78, 5) is 2.32. The van der Waals surface area contributed by atoms with E-state index in [-0.39, 0.29) is 0 Å². The molecule has 17 heavy (non-hydrogen) atoms. The molecule has 0 aromatic carbocycles. The number of nitrogens with zero attached hydrogens (tertiary/aromatic N) is 1. The van der Waals surface area contributed by atoms with Crippen LogP contribution in [0.25, 0.3) is 0 Å². The number of rotatable bonds is 9. The number of ether oxygens (including phenoxy) is 1. The number of hydrogen-bond acceptors (Lipinski definition) is 3. The summed E-state index contributed by atoms with van der Waals surface area (Å²) in [5.41, 5.74) is 5.81. The lowest BCUT2D eigenvalue weighted by Crippen LogP contribution is -2.32. The van der Waals surface area contributed by atoms with Crippen LogP contribution in [0, 0.1) is 16.7 Å². The molecule has 2 fully saturated rings. The van der Waals surface area contributed by atoms with Crippen molar-refractivity contribution in [3.8, 4) is 0 Å². The Morgan fingerprint density at radius 2 is 2.18 bits per heavy atom. The van der Waals surface area contributed by atoms with Crippen molar-refractivity contribution in [2.75, 3.05) is 33.4 Å². The van der Waals surface area contributed by atoms with E-state index in [9.17, 15) is 0 Å². The van der Waals surface area contributed by atoms with Gasteiger partial charge in [-0.1, -0.05) is 0 Å². The first-order valence-corrected chi connectivity index (χ1v) is 6.69. The van der Waals surface area contributed by atoms with Crippen molar-refractivity contribution in [1.82, 2.24) is 4.90 Å². The van der Waals surface area contributed by atoms with Crippen LogP contribution in [-0.4, -0.2) is 44.1 Å². The Morgan fingerprint density at radius 1 is 1.47 bits per heavy atom. The predicted molar refractivity (Wildman–Crippen MR) is 69.2 cm³/mol. The van der Waals surface area contributed by atoms with Gasteiger partial charge in [-0.2, -0.15) is 0 Å². The van der Waals surface area contributed by atoms with Crippen LogP contribution >= 0.6 is 0 Å². The normalized spacial score (nSPS) is 21.8. The van der Waals surface area contributed by atoms with E-state index in [1.165, 1.54) is 25.7 Å². The quantitative estimate of drug-likeness (QED) is 0.364. The van der Waals surface area contributed by atoms with Gasteiger partial charge in [0.05, 0.1) is 12.4 Å². The van der Waals surface area contributed by atoms with Gasteiger partial charge in [0.1, 0.15) is 0 Å². The van der Waals surface area contributed by atoms with Crippen LogP contribution < -0.4 is 5.73 Å². The van der Waals surface area contributed by atoms with Crippen LogP contribution in [0.2, 0.25) is 0 Å². The zero-order chi connectivity index (χ0) is 12.3. The number of amidine groups is 1. The summed E-state index contributed by atoms with van der Waals surface area (Å²) in [6.07, 6.45) is 5.93. The summed E-state index contributed by atoms with van der Waals surface area (Å²) in [6, 6.07) is 0. The lowest BCUT2D eigenvalue weighted by molar-refractivity contribution is 0.0980. The highest BCUT2D eigenvalue weighted by atomic mass is 16.5. The molecule has 2 saturated carbocycles. The molecule has 0 bridgehead atoms. The van der Waals surface area contributed by atoms with Crippen LogP contribution in [0.4, 0.5) is 0 Å². The van der Waals surface area contributed by atoms with Gasteiger partial charge >= 0.3 is 0 Å². The second kappa shape index (κ2) is 5.36. The van der Waals surface area contributed by atoms with Crippen LogP contribution in [0.3, 0.4) is 0 Å². The third kappa shape index (κ3) is 4.64. The third-order valence-corrected chi connectivity index (χ3v) is 3.80. The molecule has 0 aliphatic heterocycles. The van der Waals surface area contributed by atoms with E-state index in [2.05, 4.69) is 11.9 Å². The second-order valence-electron chi connectivity index (χ2n) is 5.96. The van der Waals surface area contributed by atoms with Gasteiger partial charge in [-0.25, -0.2) is 0 Å². The molecule has 0 atom stereocenters. The van der Waals surface area contributed by atoms with Gasteiger partial charge in [0.2, 0.25) is 0 Å². The highest BCUT2D eigenvalue weighted by molar-refractivity contribution is 5.78. The Morgan fingerprint density at radius 3 is 2.71 bits per heavy atom. The number of hydrogen-bond donors (Lipinski definition) is 2. The van der Waals surface area contributed by atoms with Gasteiger partial charge in [0.25, 0.3) is 0 Å². The lowest BCUT2D eigenvalue weighted by atomic mass is 10.0. The maximum absolute atomic E-state index is 7.39. The largest absolute Gasteiger partial charge is 0.388 e. The van der Waals surface area contributed by atoms with Crippen molar-refractivity contribution in [3.05, 3.63) is 0 Å². The maximum atomic E-state index is 7.39. The lowest BCUT2D eigenvalue weighted by Gasteiger charge is -2.23. The standard InChI is InChI=1S/C13H25N3O/c1-16(6-7-17-9-11-2-3-11)10-13(4-5-13)8-12(14)15/h11H,2-10H2,1H3,(H3,14,15). The second-order valence-corrected chi connectivity index (χ2v) is 5.96. The van der Waals surface area contributed by atoms with Gasteiger partial charge < -0.3 is 15.4 Å². The van der Waals surface area contributed by atoms with Crippen molar-refractivity contribution in [3.63, 3.8) is 0 Å². The molecular weight excluding hydrogens is 214 g/mol. The zero-order valence-electron chi connectivity index (χ0n) is 10.9. The minimum Gasteiger partial charge on any atom is -0.388 e. The smallest absolute Gasteiger partial charge is 0.0911 e. The van der Waals surface area contributed by atoms with Gasteiger partial charge in [0.15, 0.2) is 0 Å². The summed E-state index contributed by atoms with van der Waals surface area (Å²) in [5, 5.41) is 7.39. The van der Waals surface area contributed by atoms with E-state index < -0.39 is 0 Å². The molecule has 4 heteroatoms. The summed E-state index contributed by atoms with van der Waals surface area (Å²) in [5.74, 6) is 1.19. The molecule has 2 aliphatic rings. The fraction of sp³-hybridized carbons (Fsp3) is 0.923. The Labute approximate surface area is 104 Å². The van der Waals surface area contributed by atoms with E-state index >= 15 is 0 Å². The minimum atomic E-state index is 0.317. The Bertz CT molecular complexity index is 272. The molecule has 0 heterocycles. The molecular formula is C13H25N3O. The van der Waals surface area contributed by atoms with Gasteiger partial charge in [-0.3, -0.25) is 5.41 Å². The molecule has 4 nitrogen and oxygen atoms in total. The average molecular weight is 239 g/mol. The summed E-state index contributed by atoms with van der Waals surface area (Å²) < 4.78 is 5.64. The molecule has 0 aromatic rings. The Balaban J connectivity index is 1.56. The van der Waals surface area contributed by atoms with Crippen LogP contribution in [0.1, 0.15) is 32.1 Å². The Kier molecular flexibility index (Phi) is 4.05. The van der Waals surface area contributed by atoms with Crippen molar-refractivity contribution in [2.45, 2.75) is 32.1 Å². The number of nitrogens with two attached hydrogens (primary N) is 1. The fourth-order valence-corrected chi connectivity index (χ4v) is 2.38. The zero-order valence-corrected chi connectivity index (χ0v) is 10.9. The molecule has 2 aliphatic carbocycles. The molecule has 0 radical (unpaired) electrons. The van der Waals surface area contributed by atoms with Crippen LogP contribution in [-0.2, 0) is 4.74 Å². The average Bonchev–Trinajstić information content (AvgIpc) is 3.10. The van der Waals surface area contributed by atoms with Gasteiger partial charge in [0, 0.05) is 26.1 Å². The van der Waals surface area contributed by atoms with E-state index in [1.807, 2.05) is 0 Å². The first-order valence-electron chi connectivity index (χ1n) is 6.69. The minimum absolute atomic E-state index is 0.317. The molecule has 0 spiro atoms. The highest BCUT2D eigenvalue weighted by Crippen LogP contribution is 2.49. The van der Waals surface area contributed by atoms with Crippen molar-refractivity contribution in [2.24, 2.45) is 17.1 Å². The van der Waals surface area contributed by atoms with E-state index in [4.69, 9.17) is 15.9 Å². The topological polar surface area (TPSA) is 62.3 Å². The molecule has 0 amide bonds. The van der Waals surface area contributed by atoms with E-state index in [1.54, 1.807) is 0 Å². The van der Waals surface area contributed by atoms with Crippen LogP contribution in [0.5, 0.6) is 0 Å². The van der Waals surface area contributed by atoms with Gasteiger partial charge in [-0.05, 0) is 44.1 Å².